The molecular weight excluding hydrogens is 282 g/mol. The third kappa shape index (κ3) is 2.93. The Kier molecular flexibility index (Phi) is 3.53. The molecule has 7 heteroatoms. The van der Waals surface area contributed by atoms with Crippen LogP contribution in [0.25, 0.3) is 11.0 Å². The number of rotatable bonds is 2. The molecule has 0 bridgehead atoms. The topological polar surface area (TPSA) is 99.8 Å². The number of amides is 2. The molecular formula is C15H13N5O2. The predicted molar refractivity (Wildman–Crippen MR) is 82.3 cm³/mol. The highest BCUT2D eigenvalue weighted by molar-refractivity contribution is 6.43. The second-order valence-corrected chi connectivity index (χ2v) is 4.71. The Morgan fingerprint density at radius 3 is 2.73 bits per heavy atom. The molecule has 2 amide bonds. The van der Waals surface area contributed by atoms with Gasteiger partial charge in [0.05, 0.1) is 17.4 Å². The summed E-state index contributed by atoms with van der Waals surface area (Å²) < 4.78 is 0. The monoisotopic (exact) mass is 295 g/mol. The zero-order valence-electron chi connectivity index (χ0n) is 11.8. The highest BCUT2D eigenvalue weighted by Crippen LogP contribution is 2.15. The molecule has 3 N–H and O–H groups in total. The Morgan fingerprint density at radius 2 is 1.91 bits per heavy atom. The third-order valence-corrected chi connectivity index (χ3v) is 3.01. The van der Waals surface area contributed by atoms with Crippen molar-refractivity contribution in [3.8, 4) is 0 Å². The van der Waals surface area contributed by atoms with Crippen LogP contribution < -0.4 is 10.6 Å². The van der Waals surface area contributed by atoms with Gasteiger partial charge in [-0.2, -0.15) is 0 Å². The van der Waals surface area contributed by atoms with Crippen LogP contribution in [0, 0.1) is 6.92 Å². The third-order valence-electron chi connectivity index (χ3n) is 3.01. The summed E-state index contributed by atoms with van der Waals surface area (Å²) in [5.41, 5.74) is 2.82. The number of benzene rings is 1. The lowest BCUT2D eigenvalue weighted by Gasteiger charge is -2.06. The molecule has 1 aromatic carbocycles. The minimum atomic E-state index is -0.775. The summed E-state index contributed by atoms with van der Waals surface area (Å²) in [5.74, 6) is -1.20. The number of aryl methyl sites for hydroxylation is 1. The first kappa shape index (κ1) is 13.7. The van der Waals surface area contributed by atoms with Gasteiger partial charge in [-0.1, -0.05) is 6.07 Å². The van der Waals surface area contributed by atoms with Gasteiger partial charge in [0.1, 0.15) is 5.82 Å². The van der Waals surface area contributed by atoms with Gasteiger partial charge in [-0.15, -0.1) is 0 Å². The first-order chi connectivity index (χ1) is 10.6. The van der Waals surface area contributed by atoms with Gasteiger partial charge in [0, 0.05) is 11.4 Å². The van der Waals surface area contributed by atoms with Crippen LogP contribution in [0.4, 0.5) is 11.5 Å². The molecule has 2 heterocycles. The molecule has 0 aliphatic carbocycles. The number of hydrogen-bond donors (Lipinski definition) is 3. The first-order valence-corrected chi connectivity index (χ1v) is 6.61. The second-order valence-electron chi connectivity index (χ2n) is 4.71. The van der Waals surface area contributed by atoms with E-state index in [2.05, 4.69) is 25.6 Å². The van der Waals surface area contributed by atoms with E-state index in [1.54, 1.807) is 49.6 Å². The van der Waals surface area contributed by atoms with Crippen molar-refractivity contribution < 1.29 is 9.59 Å². The van der Waals surface area contributed by atoms with E-state index in [1.807, 2.05) is 0 Å². The maximum atomic E-state index is 11.9. The number of carbonyl (C=O) groups excluding carboxylic acids is 2. The predicted octanol–water partition coefficient (Wildman–Crippen LogP) is 1.84. The first-order valence-electron chi connectivity index (χ1n) is 6.61. The summed E-state index contributed by atoms with van der Waals surface area (Å²) in [4.78, 5) is 34.9. The highest BCUT2D eigenvalue weighted by atomic mass is 16.2. The van der Waals surface area contributed by atoms with E-state index >= 15 is 0 Å². The fourth-order valence-electron chi connectivity index (χ4n) is 1.99. The summed E-state index contributed by atoms with van der Waals surface area (Å²) in [7, 11) is 0. The molecule has 0 unspecified atom stereocenters. The fraction of sp³-hybridized carbons (Fsp3) is 0.0667. The molecule has 3 rings (SSSR count). The van der Waals surface area contributed by atoms with Crippen LogP contribution >= 0.6 is 0 Å². The number of fused-ring (bicyclic) bond motifs is 1. The van der Waals surface area contributed by atoms with Gasteiger partial charge >= 0.3 is 11.8 Å². The van der Waals surface area contributed by atoms with Crippen molar-refractivity contribution in [1.82, 2.24) is 15.0 Å². The number of aromatic nitrogens is 3. The lowest BCUT2D eigenvalue weighted by atomic mass is 10.2. The molecule has 0 saturated heterocycles. The minimum Gasteiger partial charge on any atom is -0.345 e. The molecule has 7 nitrogen and oxygen atoms in total. The van der Waals surface area contributed by atoms with Gasteiger partial charge in [0.15, 0.2) is 0 Å². The van der Waals surface area contributed by atoms with Crippen molar-refractivity contribution in [1.29, 1.82) is 0 Å². The molecule has 0 spiro atoms. The zero-order chi connectivity index (χ0) is 15.5. The van der Waals surface area contributed by atoms with E-state index in [-0.39, 0.29) is 0 Å². The number of anilines is 2. The lowest BCUT2D eigenvalue weighted by Crippen LogP contribution is -2.29. The Labute approximate surface area is 125 Å². The van der Waals surface area contributed by atoms with Gasteiger partial charge in [-0.05, 0) is 37.3 Å². The van der Waals surface area contributed by atoms with E-state index in [0.717, 1.165) is 16.7 Å². The van der Waals surface area contributed by atoms with Crippen molar-refractivity contribution >= 4 is 34.4 Å². The summed E-state index contributed by atoms with van der Waals surface area (Å²) in [6.45, 7) is 1.80. The number of nitrogens with zero attached hydrogens (tertiary/aromatic N) is 2. The van der Waals surface area contributed by atoms with Crippen molar-refractivity contribution in [2.45, 2.75) is 6.92 Å². The molecule has 0 aliphatic heterocycles. The number of carbonyl (C=O) groups is 2. The van der Waals surface area contributed by atoms with Gasteiger partial charge in [0.25, 0.3) is 0 Å². The number of aromatic amines is 1. The minimum absolute atomic E-state index is 0.337. The average molecular weight is 295 g/mol. The molecule has 0 saturated carbocycles. The molecule has 0 fully saturated rings. The van der Waals surface area contributed by atoms with E-state index in [1.165, 1.54) is 0 Å². The van der Waals surface area contributed by atoms with Crippen LogP contribution in [-0.2, 0) is 9.59 Å². The van der Waals surface area contributed by atoms with Crippen LogP contribution in [-0.4, -0.2) is 26.8 Å². The fourth-order valence-corrected chi connectivity index (χ4v) is 1.99. The van der Waals surface area contributed by atoms with Gasteiger partial charge in [0.2, 0.25) is 0 Å². The van der Waals surface area contributed by atoms with Crippen LogP contribution in [0.3, 0.4) is 0 Å². The SMILES string of the molecule is Cc1cccc(NC(=O)C(=O)Nc2ccc3nc[nH]c3c2)n1. The number of H-pyrrole nitrogens is 1. The van der Waals surface area contributed by atoms with Crippen molar-refractivity contribution in [3.05, 3.63) is 48.4 Å². The maximum Gasteiger partial charge on any atom is 0.315 e. The Balaban J connectivity index is 1.69. The number of imidazole rings is 1. The summed E-state index contributed by atoms with van der Waals surface area (Å²) in [6.07, 6.45) is 1.56. The van der Waals surface area contributed by atoms with Crippen molar-refractivity contribution in [3.63, 3.8) is 0 Å². The molecule has 0 aliphatic rings. The maximum absolute atomic E-state index is 11.9. The van der Waals surface area contributed by atoms with Crippen LogP contribution in [0.5, 0.6) is 0 Å². The van der Waals surface area contributed by atoms with Gasteiger partial charge in [-0.3, -0.25) is 9.59 Å². The molecule has 110 valence electrons. The Morgan fingerprint density at radius 1 is 1.09 bits per heavy atom. The van der Waals surface area contributed by atoms with E-state index in [4.69, 9.17) is 0 Å². The second kappa shape index (κ2) is 5.65. The molecule has 22 heavy (non-hydrogen) atoms. The summed E-state index contributed by atoms with van der Waals surface area (Å²) in [6, 6.07) is 10.3. The summed E-state index contributed by atoms with van der Waals surface area (Å²) >= 11 is 0. The molecule has 2 aromatic heterocycles. The van der Waals surface area contributed by atoms with E-state index < -0.39 is 11.8 Å². The smallest absolute Gasteiger partial charge is 0.315 e. The molecule has 0 radical (unpaired) electrons. The van der Waals surface area contributed by atoms with E-state index in [9.17, 15) is 9.59 Å². The Hall–Kier alpha value is -3.22. The number of pyridine rings is 1. The molecule has 3 aromatic rings. The van der Waals surface area contributed by atoms with Crippen molar-refractivity contribution in [2.24, 2.45) is 0 Å². The van der Waals surface area contributed by atoms with Crippen LogP contribution in [0.2, 0.25) is 0 Å². The number of hydrogen-bond acceptors (Lipinski definition) is 4. The summed E-state index contributed by atoms with van der Waals surface area (Å²) in [5, 5.41) is 4.98. The number of nitrogens with one attached hydrogen (secondary N) is 3. The Bertz CT molecular complexity index is 856. The van der Waals surface area contributed by atoms with E-state index in [0.29, 0.717) is 11.5 Å². The van der Waals surface area contributed by atoms with Crippen LogP contribution in [0.15, 0.2) is 42.7 Å². The quantitative estimate of drug-likeness (QED) is 0.628. The lowest BCUT2D eigenvalue weighted by molar-refractivity contribution is -0.133. The largest absolute Gasteiger partial charge is 0.345 e. The van der Waals surface area contributed by atoms with Gasteiger partial charge < -0.3 is 15.6 Å². The molecule has 0 atom stereocenters. The highest BCUT2D eigenvalue weighted by Gasteiger charge is 2.15. The van der Waals surface area contributed by atoms with Crippen LogP contribution in [0.1, 0.15) is 5.69 Å². The normalized spacial score (nSPS) is 10.4. The van der Waals surface area contributed by atoms with Crippen molar-refractivity contribution in [2.75, 3.05) is 10.6 Å². The standard InChI is InChI=1S/C15H13N5O2/c1-9-3-2-4-13(18-9)20-15(22)14(21)19-10-5-6-11-12(7-10)17-8-16-11/h2-8H,1H3,(H,16,17)(H,19,21)(H,18,20,22). The van der Waals surface area contributed by atoms with Gasteiger partial charge in [-0.25, -0.2) is 9.97 Å². The zero-order valence-corrected chi connectivity index (χ0v) is 11.8. The average Bonchev–Trinajstić information content (AvgIpc) is 2.94.